The fraction of sp³-hybridized carbons (Fsp3) is 0.310. The molecule has 0 aliphatic carbocycles. The molecule has 0 heterocycles. The van der Waals surface area contributed by atoms with Crippen LogP contribution in [-0.4, -0.2) is 50.9 Å². The molecule has 0 unspecified atom stereocenters. The summed E-state index contributed by atoms with van der Waals surface area (Å²) in [7, 11) is -4.15. The van der Waals surface area contributed by atoms with E-state index in [1.165, 1.54) is 17.0 Å². The minimum absolute atomic E-state index is 0.0118. The van der Waals surface area contributed by atoms with Crippen LogP contribution in [0.2, 0.25) is 5.02 Å². The number of anilines is 1. The lowest BCUT2D eigenvalue weighted by molar-refractivity contribution is -0.139. The van der Waals surface area contributed by atoms with Crippen molar-refractivity contribution in [2.24, 2.45) is 0 Å². The van der Waals surface area contributed by atoms with E-state index in [9.17, 15) is 18.0 Å². The largest absolute Gasteiger partial charge is 0.494 e. The van der Waals surface area contributed by atoms with Gasteiger partial charge in [0.15, 0.2) is 0 Å². The minimum atomic E-state index is -4.15. The molecular formula is C29H34ClN3O5S. The van der Waals surface area contributed by atoms with Crippen molar-refractivity contribution in [1.82, 2.24) is 10.2 Å². The van der Waals surface area contributed by atoms with Gasteiger partial charge in [0.2, 0.25) is 11.8 Å². The van der Waals surface area contributed by atoms with Crippen molar-refractivity contribution in [1.29, 1.82) is 0 Å². The van der Waals surface area contributed by atoms with Crippen molar-refractivity contribution in [3.8, 4) is 5.75 Å². The Balaban J connectivity index is 1.98. The standard InChI is InChI=1S/C29H34ClN3O5S/c1-4-18-31-29(35)22(3)32(20-23-10-9-11-24(30)19-23)28(34)21-33(25-12-7-6-8-13-25)39(36,37)27-16-14-26(15-17-27)38-5-2/h6-17,19,22H,4-5,18,20-21H2,1-3H3,(H,31,35)/t22-/m1/s1. The summed E-state index contributed by atoms with van der Waals surface area (Å²) >= 11 is 6.16. The van der Waals surface area contributed by atoms with Gasteiger partial charge in [0.1, 0.15) is 18.3 Å². The lowest BCUT2D eigenvalue weighted by atomic mass is 10.1. The number of carbonyl (C=O) groups excluding carboxylic acids is 2. The van der Waals surface area contributed by atoms with Crippen LogP contribution in [-0.2, 0) is 26.2 Å². The average molecular weight is 572 g/mol. The van der Waals surface area contributed by atoms with E-state index < -0.39 is 28.5 Å². The van der Waals surface area contributed by atoms with E-state index in [1.807, 2.05) is 13.8 Å². The number of para-hydroxylation sites is 1. The van der Waals surface area contributed by atoms with Crippen LogP contribution in [0.3, 0.4) is 0 Å². The predicted octanol–water partition coefficient (Wildman–Crippen LogP) is 4.88. The summed E-state index contributed by atoms with van der Waals surface area (Å²) in [6.45, 7) is 5.88. The van der Waals surface area contributed by atoms with E-state index in [2.05, 4.69) is 5.32 Å². The second-order valence-corrected chi connectivity index (χ2v) is 11.2. The highest BCUT2D eigenvalue weighted by molar-refractivity contribution is 7.92. The molecule has 0 fully saturated rings. The lowest BCUT2D eigenvalue weighted by Gasteiger charge is -2.32. The highest BCUT2D eigenvalue weighted by Gasteiger charge is 2.32. The van der Waals surface area contributed by atoms with E-state index in [0.29, 0.717) is 35.2 Å². The quantitative estimate of drug-likeness (QED) is 0.315. The monoisotopic (exact) mass is 571 g/mol. The summed E-state index contributed by atoms with van der Waals surface area (Å²) in [5.41, 5.74) is 1.04. The molecule has 3 aromatic rings. The Bertz CT molecular complexity index is 1350. The van der Waals surface area contributed by atoms with Gasteiger partial charge in [-0.25, -0.2) is 8.42 Å². The van der Waals surface area contributed by atoms with E-state index >= 15 is 0 Å². The van der Waals surface area contributed by atoms with Gasteiger partial charge >= 0.3 is 0 Å². The molecule has 2 amide bonds. The maximum atomic E-state index is 13.8. The van der Waals surface area contributed by atoms with Gasteiger partial charge in [-0.1, -0.05) is 48.9 Å². The third kappa shape index (κ3) is 7.97. The number of carbonyl (C=O) groups is 2. The van der Waals surface area contributed by atoms with Crippen LogP contribution < -0.4 is 14.4 Å². The third-order valence-corrected chi connectivity index (χ3v) is 8.03. The number of amides is 2. The number of hydrogen-bond donors (Lipinski definition) is 1. The highest BCUT2D eigenvalue weighted by Crippen LogP contribution is 2.26. The first-order valence-corrected chi connectivity index (χ1v) is 14.6. The topological polar surface area (TPSA) is 96.0 Å². The fourth-order valence-electron chi connectivity index (χ4n) is 3.94. The van der Waals surface area contributed by atoms with E-state index in [1.54, 1.807) is 73.7 Å². The number of halogens is 1. The smallest absolute Gasteiger partial charge is 0.264 e. The molecule has 8 nitrogen and oxygen atoms in total. The van der Waals surface area contributed by atoms with Crippen molar-refractivity contribution in [2.45, 2.75) is 44.7 Å². The lowest BCUT2D eigenvalue weighted by Crippen LogP contribution is -2.51. The van der Waals surface area contributed by atoms with E-state index in [-0.39, 0.29) is 17.3 Å². The maximum absolute atomic E-state index is 13.8. The van der Waals surface area contributed by atoms with Gasteiger partial charge in [0, 0.05) is 18.1 Å². The van der Waals surface area contributed by atoms with Crippen molar-refractivity contribution >= 4 is 39.1 Å². The number of nitrogens with one attached hydrogen (secondary N) is 1. The first-order valence-electron chi connectivity index (χ1n) is 12.8. The number of sulfonamides is 1. The number of benzene rings is 3. The van der Waals surface area contributed by atoms with Crippen molar-refractivity contribution in [2.75, 3.05) is 24.0 Å². The van der Waals surface area contributed by atoms with Crippen LogP contribution in [0.5, 0.6) is 5.75 Å². The Hall–Kier alpha value is -3.56. The Morgan fingerprint density at radius 1 is 0.974 bits per heavy atom. The van der Waals surface area contributed by atoms with Crippen LogP contribution in [0.15, 0.2) is 83.8 Å². The van der Waals surface area contributed by atoms with Crippen LogP contribution >= 0.6 is 11.6 Å². The molecule has 0 aliphatic heterocycles. The summed E-state index contributed by atoms with van der Waals surface area (Å²) < 4.78 is 34.2. The molecule has 208 valence electrons. The van der Waals surface area contributed by atoms with Gasteiger partial charge in [-0.3, -0.25) is 13.9 Å². The van der Waals surface area contributed by atoms with Crippen molar-refractivity contribution < 1.29 is 22.7 Å². The van der Waals surface area contributed by atoms with E-state index in [4.69, 9.17) is 16.3 Å². The summed E-state index contributed by atoms with van der Waals surface area (Å²) in [6, 6.07) is 20.6. The van der Waals surface area contributed by atoms with Gasteiger partial charge in [0.05, 0.1) is 17.2 Å². The molecule has 1 N–H and O–H groups in total. The number of hydrogen-bond acceptors (Lipinski definition) is 5. The second kappa shape index (κ2) is 14.0. The Morgan fingerprint density at radius 2 is 1.67 bits per heavy atom. The first-order chi connectivity index (χ1) is 18.7. The SMILES string of the molecule is CCCNC(=O)[C@@H](C)N(Cc1cccc(Cl)c1)C(=O)CN(c1ccccc1)S(=O)(=O)c1ccc(OCC)cc1. The molecule has 0 radical (unpaired) electrons. The molecule has 3 rings (SSSR count). The molecule has 1 atom stereocenters. The summed E-state index contributed by atoms with van der Waals surface area (Å²) in [6.07, 6.45) is 0.739. The van der Waals surface area contributed by atoms with Crippen molar-refractivity contribution in [3.05, 3.63) is 89.4 Å². The molecule has 0 aliphatic rings. The summed E-state index contributed by atoms with van der Waals surface area (Å²) in [5, 5.41) is 3.31. The molecular weight excluding hydrogens is 538 g/mol. The van der Waals surface area contributed by atoms with Crippen molar-refractivity contribution in [3.63, 3.8) is 0 Å². The Labute approximate surface area is 235 Å². The zero-order valence-electron chi connectivity index (χ0n) is 22.3. The fourth-order valence-corrected chi connectivity index (χ4v) is 5.56. The normalized spacial score (nSPS) is 11.9. The van der Waals surface area contributed by atoms with Gasteiger partial charge in [-0.2, -0.15) is 0 Å². The average Bonchev–Trinajstić information content (AvgIpc) is 2.93. The zero-order valence-corrected chi connectivity index (χ0v) is 23.9. The molecule has 39 heavy (non-hydrogen) atoms. The summed E-state index contributed by atoms with van der Waals surface area (Å²) in [5.74, 6) is -0.321. The van der Waals surface area contributed by atoms with Gasteiger partial charge in [-0.15, -0.1) is 0 Å². The third-order valence-electron chi connectivity index (χ3n) is 6.00. The number of rotatable bonds is 13. The maximum Gasteiger partial charge on any atom is 0.264 e. The molecule has 3 aromatic carbocycles. The van der Waals surface area contributed by atoms with Gasteiger partial charge < -0.3 is 15.0 Å². The number of ether oxygens (including phenoxy) is 1. The van der Waals surface area contributed by atoms with Gasteiger partial charge in [0.25, 0.3) is 10.0 Å². The summed E-state index contributed by atoms with van der Waals surface area (Å²) in [4.78, 5) is 28.1. The van der Waals surface area contributed by atoms with Gasteiger partial charge in [-0.05, 0) is 74.4 Å². The molecule has 0 bridgehead atoms. The van der Waals surface area contributed by atoms with Crippen LogP contribution in [0.1, 0.15) is 32.8 Å². The van der Waals surface area contributed by atoms with Crippen LogP contribution in [0, 0.1) is 0 Å². The molecule has 0 aromatic heterocycles. The molecule has 10 heteroatoms. The molecule has 0 saturated carbocycles. The van der Waals surface area contributed by atoms with Crippen LogP contribution in [0.25, 0.3) is 0 Å². The highest BCUT2D eigenvalue weighted by atomic mass is 35.5. The molecule has 0 spiro atoms. The van der Waals surface area contributed by atoms with Crippen LogP contribution in [0.4, 0.5) is 5.69 Å². The number of nitrogens with zero attached hydrogens (tertiary/aromatic N) is 2. The first kappa shape index (κ1) is 30.0. The second-order valence-electron chi connectivity index (χ2n) is 8.87. The predicted molar refractivity (Wildman–Crippen MR) is 153 cm³/mol. The Morgan fingerprint density at radius 3 is 2.28 bits per heavy atom. The van der Waals surface area contributed by atoms with E-state index in [0.717, 1.165) is 10.7 Å². The minimum Gasteiger partial charge on any atom is -0.494 e. The zero-order chi connectivity index (χ0) is 28.4. The Kier molecular flexibility index (Phi) is 10.8. The molecule has 0 saturated heterocycles.